The van der Waals surface area contributed by atoms with Crippen LogP contribution in [0.4, 0.5) is 10.1 Å². The molecule has 14 nitrogen and oxygen atoms in total. The van der Waals surface area contributed by atoms with Crippen LogP contribution in [-0.4, -0.2) is 106 Å². The zero-order valence-corrected chi connectivity index (χ0v) is 30.4. The van der Waals surface area contributed by atoms with E-state index in [0.29, 0.717) is 61.1 Å². The molecule has 5 heterocycles. The van der Waals surface area contributed by atoms with Gasteiger partial charge in [-0.15, -0.1) is 0 Å². The summed E-state index contributed by atoms with van der Waals surface area (Å²) in [7, 11) is 0. The summed E-state index contributed by atoms with van der Waals surface area (Å²) in [6.45, 7) is 3.59. The van der Waals surface area contributed by atoms with Gasteiger partial charge in [0, 0.05) is 56.9 Å². The molecule has 0 radical (unpaired) electrons. The molecule has 7 rings (SSSR count). The van der Waals surface area contributed by atoms with Gasteiger partial charge >= 0.3 is 0 Å². The molecule has 6 N–H and O–H groups in total. The smallest absolute Gasteiger partial charge is 0.243 e. The molecule has 0 bridgehead atoms. The fourth-order valence-corrected chi connectivity index (χ4v) is 7.46. The summed E-state index contributed by atoms with van der Waals surface area (Å²) in [6.07, 6.45) is 14.5. The number of hydrogen-bond acceptors (Lipinski definition) is 10. The molecule has 55 heavy (non-hydrogen) atoms. The van der Waals surface area contributed by atoms with Gasteiger partial charge in [0.25, 0.3) is 0 Å². The Morgan fingerprint density at radius 3 is 2.73 bits per heavy atom. The van der Waals surface area contributed by atoms with Crippen molar-refractivity contribution in [3.63, 3.8) is 0 Å². The number of hydrogen-bond donors (Lipinski definition) is 6. The lowest BCUT2D eigenvalue weighted by Crippen LogP contribution is -2.55. The number of nitrogens with one attached hydrogen (secondary N) is 6. The number of amides is 3. The van der Waals surface area contributed by atoms with Crippen molar-refractivity contribution in [2.24, 2.45) is 0 Å². The van der Waals surface area contributed by atoms with Gasteiger partial charge in [-0.2, -0.15) is 0 Å². The molecule has 3 fully saturated rings. The second-order valence-electron chi connectivity index (χ2n) is 14.0. The SMILES string of the molecule is N=C(/C=C\c1ncc(C2=CC=CC(N3CCN(C(=O)CNc4ccc(C=O)c(CNC5CCC(=O)NC5=O)c4)CC3)N2)[nH]1)N1CCC[C@@H]1c1cccc(F)c1. The van der Waals surface area contributed by atoms with Crippen molar-refractivity contribution in [1.82, 2.24) is 40.6 Å². The van der Waals surface area contributed by atoms with Crippen molar-refractivity contribution in [2.45, 2.75) is 50.5 Å². The number of rotatable bonds is 12. The molecule has 4 aliphatic heterocycles. The maximum atomic E-state index is 13.9. The van der Waals surface area contributed by atoms with E-state index in [1.807, 2.05) is 28.0 Å². The van der Waals surface area contributed by atoms with Crippen molar-refractivity contribution >= 4 is 47.3 Å². The van der Waals surface area contributed by atoms with Gasteiger partial charge in [0.2, 0.25) is 17.7 Å². The average molecular weight is 749 g/mol. The van der Waals surface area contributed by atoms with Crippen LogP contribution in [0.2, 0.25) is 0 Å². The number of halogens is 1. The predicted molar refractivity (Wildman–Crippen MR) is 206 cm³/mol. The summed E-state index contributed by atoms with van der Waals surface area (Å²) >= 11 is 0. The molecule has 3 saturated heterocycles. The zero-order valence-electron chi connectivity index (χ0n) is 30.4. The molecular weight excluding hydrogens is 704 g/mol. The second-order valence-corrected chi connectivity index (χ2v) is 14.0. The fourth-order valence-electron chi connectivity index (χ4n) is 7.46. The van der Waals surface area contributed by atoms with E-state index >= 15 is 0 Å². The van der Waals surface area contributed by atoms with Crippen LogP contribution in [0, 0.1) is 11.2 Å². The summed E-state index contributed by atoms with van der Waals surface area (Å²) in [6, 6.07) is 11.3. The predicted octanol–water partition coefficient (Wildman–Crippen LogP) is 3.17. The van der Waals surface area contributed by atoms with Crippen LogP contribution >= 0.6 is 0 Å². The Kier molecular flexibility index (Phi) is 11.6. The molecule has 3 atom stereocenters. The number of H-pyrrole nitrogens is 1. The maximum Gasteiger partial charge on any atom is 0.243 e. The molecule has 4 aliphatic rings. The van der Waals surface area contributed by atoms with E-state index < -0.39 is 6.04 Å². The van der Waals surface area contributed by atoms with Crippen LogP contribution in [0.25, 0.3) is 11.8 Å². The minimum absolute atomic E-state index is 0.0252. The van der Waals surface area contributed by atoms with E-state index in [0.717, 1.165) is 42.6 Å². The van der Waals surface area contributed by atoms with Crippen molar-refractivity contribution in [3.8, 4) is 0 Å². The first-order chi connectivity index (χ1) is 26.7. The van der Waals surface area contributed by atoms with Crippen LogP contribution in [-0.2, 0) is 20.9 Å². The van der Waals surface area contributed by atoms with Gasteiger partial charge in [-0.1, -0.05) is 18.2 Å². The van der Waals surface area contributed by atoms with Gasteiger partial charge in [0.1, 0.15) is 23.8 Å². The lowest BCUT2D eigenvalue weighted by molar-refractivity contribution is -0.135. The largest absolute Gasteiger partial charge is 0.376 e. The number of amidine groups is 1. The minimum Gasteiger partial charge on any atom is -0.376 e. The first-order valence-corrected chi connectivity index (χ1v) is 18.6. The summed E-state index contributed by atoms with van der Waals surface area (Å²) in [5, 5.41) is 20.9. The third-order valence-electron chi connectivity index (χ3n) is 10.5. The number of allylic oxidation sites excluding steroid dienone is 2. The van der Waals surface area contributed by atoms with E-state index in [4.69, 9.17) is 5.41 Å². The number of piperazine rings is 1. The molecule has 3 aromatic rings. The summed E-state index contributed by atoms with van der Waals surface area (Å²) in [5.41, 5.74) is 4.43. The van der Waals surface area contributed by atoms with E-state index in [-0.39, 0.29) is 55.3 Å². The highest BCUT2D eigenvalue weighted by atomic mass is 19.1. The number of aromatic nitrogens is 2. The standard InChI is InChI=1S/C40H45FN10O4/c41-29-5-1-4-26(20-29)34-7-3-15-51(34)35(42)12-13-36-45-23-33(46-36)31-6-2-8-37(47-31)49-16-18-50(19-17-49)39(54)24-43-30-10-9-27(25-52)28(21-30)22-44-32-11-14-38(53)48-40(32)55/h1-2,4-6,8-10,12-13,20-21,23,25,32,34,37,42-44,47H,3,7,11,14-19,22,24H2,(H,45,46)(H,48,53,55)/b13-12-,42-35?/t32?,34-,37?/m1/s1. The van der Waals surface area contributed by atoms with E-state index in [9.17, 15) is 23.6 Å². The number of likely N-dealkylation sites (tertiary alicyclic amines) is 1. The van der Waals surface area contributed by atoms with Crippen LogP contribution in [0.5, 0.6) is 0 Å². The van der Waals surface area contributed by atoms with Crippen molar-refractivity contribution < 1.29 is 23.6 Å². The number of anilines is 1. The lowest BCUT2D eigenvalue weighted by Gasteiger charge is -2.39. The Morgan fingerprint density at radius 1 is 1.07 bits per heavy atom. The summed E-state index contributed by atoms with van der Waals surface area (Å²) < 4.78 is 13.9. The fraction of sp³-hybridized carbons (Fsp3) is 0.350. The van der Waals surface area contributed by atoms with Crippen molar-refractivity contribution in [2.75, 3.05) is 44.6 Å². The van der Waals surface area contributed by atoms with Gasteiger partial charge in [-0.3, -0.25) is 34.8 Å². The van der Waals surface area contributed by atoms with Gasteiger partial charge in [0.15, 0.2) is 0 Å². The van der Waals surface area contributed by atoms with Gasteiger partial charge in [-0.25, -0.2) is 9.37 Å². The number of imide groups is 1. The number of benzene rings is 2. The molecule has 0 saturated carbocycles. The Bertz CT molecular complexity index is 2030. The highest BCUT2D eigenvalue weighted by Gasteiger charge is 2.29. The van der Waals surface area contributed by atoms with Crippen LogP contribution in [0.3, 0.4) is 0 Å². The van der Waals surface area contributed by atoms with Crippen molar-refractivity contribution in [1.29, 1.82) is 5.41 Å². The molecule has 15 heteroatoms. The number of dihydropyridines is 1. The Labute approximate surface area is 318 Å². The second kappa shape index (κ2) is 17.0. The Balaban J connectivity index is 0.867. The van der Waals surface area contributed by atoms with E-state index in [1.54, 1.807) is 48.7 Å². The number of piperidine rings is 1. The minimum atomic E-state index is -0.519. The normalized spacial score (nSPS) is 21.7. The zero-order chi connectivity index (χ0) is 38.3. The summed E-state index contributed by atoms with van der Waals surface area (Å²) in [4.78, 5) is 62.4. The number of imidazole rings is 1. The maximum absolute atomic E-state index is 13.9. The van der Waals surface area contributed by atoms with Gasteiger partial charge in [0.05, 0.1) is 42.4 Å². The average Bonchev–Trinajstić information content (AvgIpc) is 3.90. The third kappa shape index (κ3) is 9.07. The highest BCUT2D eigenvalue weighted by molar-refractivity contribution is 6.00. The number of carbonyl (C=O) groups excluding carboxylic acids is 4. The number of carbonyl (C=O) groups is 4. The quantitative estimate of drug-likeness (QED) is 0.0698. The molecular formula is C40H45FN10O4. The molecule has 2 aromatic carbocycles. The number of nitrogens with zero attached hydrogens (tertiary/aromatic N) is 4. The third-order valence-corrected chi connectivity index (χ3v) is 10.5. The number of aldehydes is 1. The molecule has 2 unspecified atom stereocenters. The van der Waals surface area contributed by atoms with Crippen LogP contribution < -0.4 is 21.3 Å². The number of aromatic amines is 1. The first-order valence-electron chi connectivity index (χ1n) is 18.6. The highest BCUT2D eigenvalue weighted by Crippen LogP contribution is 2.32. The van der Waals surface area contributed by atoms with E-state index in [1.165, 1.54) is 6.07 Å². The van der Waals surface area contributed by atoms with Crippen molar-refractivity contribution in [3.05, 3.63) is 107 Å². The molecule has 0 spiro atoms. The first kappa shape index (κ1) is 37.4. The van der Waals surface area contributed by atoms with Crippen LogP contribution in [0.15, 0.2) is 73.0 Å². The molecule has 0 aliphatic carbocycles. The molecule has 286 valence electrons. The lowest BCUT2D eigenvalue weighted by atomic mass is 10.0. The van der Waals surface area contributed by atoms with Gasteiger partial charge in [-0.05, 0) is 85.0 Å². The molecule has 3 amide bonds. The van der Waals surface area contributed by atoms with E-state index in [2.05, 4.69) is 42.2 Å². The monoisotopic (exact) mass is 748 g/mol. The Morgan fingerprint density at radius 2 is 1.93 bits per heavy atom. The van der Waals surface area contributed by atoms with Crippen LogP contribution in [0.1, 0.15) is 64.7 Å². The summed E-state index contributed by atoms with van der Waals surface area (Å²) in [5.74, 6) is 0.0169. The Hall–Kier alpha value is -5.93. The van der Waals surface area contributed by atoms with Gasteiger partial charge < -0.3 is 30.7 Å². The topological polar surface area (TPSA) is 179 Å². The molecule has 1 aromatic heterocycles.